The Bertz CT molecular complexity index is 653. The summed E-state index contributed by atoms with van der Waals surface area (Å²) in [5.74, 6) is 5.09. The third-order valence-corrected chi connectivity index (χ3v) is 3.39. The highest BCUT2D eigenvalue weighted by Gasteiger charge is 2.00. The zero-order chi connectivity index (χ0) is 15.1. The number of nitrogens with zero attached hydrogens (tertiary/aromatic N) is 1. The fraction of sp³-hybridized carbons (Fsp3) is 0.278. The highest BCUT2D eigenvalue weighted by Crippen LogP contribution is 2.10. The Kier molecular flexibility index (Phi) is 5.78. The summed E-state index contributed by atoms with van der Waals surface area (Å²) in [6.07, 6.45) is 4.79. The summed E-state index contributed by atoms with van der Waals surface area (Å²) in [4.78, 5) is 3.54. The molecule has 0 saturated heterocycles. The van der Waals surface area contributed by atoms with Crippen LogP contribution in [0.2, 0.25) is 5.15 Å². The van der Waals surface area contributed by atoms with Crippen molar-refractivity contribution in [3.05, 3.63) is 64.2 Å². The van der Waals surface area contributed by atoms with Crippen LogP contribution in [0.1, 0.15) is 42.9 Å². The molecule has 1 aromatic heterocycles. The lowest BCUT2D eigenvalue weighted by Gasteiger charge is -2.00. The predicted molar refractivity (Wildman–Crippen MR) is 84.9 cm³/mol. The van der Waals surface area contributed by atoms with E-state index in [1.54, 1.807) is 0 Å². The fourth-order valence-electron chi connectivity index (χ4n) is 1.98. The normalized spacial score (nSPS) is 10.0. The molecule has 0 unspecified atom stereocenters. The molecule has 0 aliphatic heterocycles. The molecule has 3 heteroatoms. The summed E-state index contributed by atoms with van der Waals surface area (Å²) in [5.41, 5.74) is 2.43. The molecule has 0 aliphatic carbocycles. The smallest absolute Gasteiger partial charge is 0.207 e. The average Bonchev–Trinajstić information content (AvgIpc) is 2.48. The monoisotopic (exact) mass is 301 g/mol. The Balaban J connectivity index is 2.05. The molecule has 0 atom stereocenters. The van der Waals surface area contributed by atoms with Crippen molar-refractivity contribution in [1.82, 2.24) is 4.98 Å². The quantitative estimate of drug-likeness (QED) is 0.439. The van der Waals surface area contributed by atoms with Gasteiger partial charge in [0.05, 0.1) is 5.56 Å². The van der Waals surface area contributed by atoms with E-state index in [-0.39, 0.29) is 10.7 Å². The molecule has 0 bridgehead atoms. The van der Waals surface area contributed by atoms with Crippen molar-refractivity contribution in [3.63, 3.8) is 0 Å². The number of benzene rings is 1. The largest absolute Gasteiger partial charge is 0.230 e. The summed E-state index contributed by atoms with van der Waals surface area (Å²) in [6.45, 7) is 2.20. The number of aromatic nitrogens is 1. The first-order valence-corrected chi connectivity index (χ1v) is 7.50. The standard InChI is InChI=1S/C18H17ClFN/c1-2-3-4-5-14-6-8-15(9-7-14)10-11-16-12-13-17(19)21-18(16)20/h6-9,12-13H,2-5H2,1H3. The van der Waals surface area contributed by atoms with Gasteiger partial charge in [-0.1, -0.05) is 55.3 Å². The van der Waals surface area contributed by atoms with Crippen LogP contribution < -0.4 is 0 Å². The van der Waals surface area contributed by atoms with Gasteiger partial charge in [-0.25, -0.2) is 4.98 Å². The highest BCUT2D eigenvalue weighted by molar-refractivity contribution is 6.29. The van der Waals surface area contributed by atoms with Gasteiger partial charge in [0, 0.05) is 5.56 Å². The maximum absolute atomic E-state index is 13.5. The first-order chi connectivity index (χ1) is 10.2. The maximum atomic E-state index is 13.5. The third-order valence-electron chi connectivity index (χ3n) is 3.18. The summed E-state index contributed by atoms with van der Waals surface area (Å²) in [6, 6.07) is 11.2. The van der Waals surface area contributed by atoms with E-state index >= 15 is 0 Å². The van der Waals surface area contributed by atoms with Crippen LogP contribution in [0.25, 0.3) is 0 Å². The van der Waals surface area contributed by atoms with Crippen LogP contribution in [0.4, 0.5) is 4.39 Å². The van der Waals surface area contributed by atoms with Crippen molar-refractivity contribution in [2.24, 2.45) is 0 Å². The molecular formula is C18H17ClFN. The Hall–Kier alpha value is -1.85. The lowest BCUT2D eigenvalue weighted by molar-refractivity contribution is 0.580. The van der Waals surface area contributed by atoms with Crippen molar-refractivity contribution in [3.8, 4) is 11.8 Å². The summed E-state index contributed by atoms with van der Waals surface area (Å²) >= 11 is 5.60. The van der Waals surface area contributed by atoms with Gasteiger partial charge in [-0.2, -0.15) is 4.39 Å². The number of pyridine rings is 1. The molecule has 0 aliphatic rings. The summed E-state index contributed by atoms with van der Waals surface area (Å²) in [5, 5.41) is 0.134. The van der Waals surface area contributed by atoms with Gasteiger partial charge >= 0.3 is 0 Å². The molecule has 0 fully saturated rings. The molecule has 1 nitrogen and oxygen atoms in total. The van der Waals surface area contributed by atoms with Crippen LogP contribution >= 0.6 is 11.6 Å². The minimum Gasteiger partial charge on any atom is -0.207 e. The van der Waals surface area contributed by atoms with Crippen molar-refractivity contribution in [2.45, 2.75) is 32.6 Å². The second-order valence-corrected chi connectivity index (χ2v) is 5.26. The molecule has 1 aromatic carbocycles. The minimum atomic E-state index is -0.633. The average molecular weight is 302 g/mol. The molecule has 0 N–H and O–H groups in total. The summed E-state index contributed by atoms with van der Waals surface area (Å²) < 4.78 is 13.5. The van der Waals surface area contributed by atoms with Crippen LogP contribution in [-0.4, -0.2) is 4.98 Å². The Labute approximate surface area is 130 Å². The number of unbranched alkanes of at least 4 members (excludes halogenated alkanes) is 2. The maximum Gasteiger partial charge on any atom is 0.230 e. The van der Waals surface area contributed by atoms with Crippen LogP contribution in [0.3, 0.4) is 0 Å². The van der Waals surface area contributed by atoms with E-state index in [2.05, 4.69) is 35.9 Å². The van der Waals surface area contributed by atoms with Gasteiger partial charge in [-0.05, 0) is 42.7 Å². The Morgan fingerprint density at radius 1 is 1.05 bits per heavy atom. The van der Waals surface area contributed by atoms with Crippen LogP contribution in [0, 0.1) is 17.8 Å². The van der Waals surface area contributed by atoms with Crippen molar-refractivity contribution >= 4 is 11.6 Å². The number of hydrogen-bond donors (Lipinski definition) is 0. The minimum absolute atomic E-state index is 0.134. The molecule has 0 amide bonds. The number of halogens is 2. The molecule has 2 aromatic rings. The first-order valence-electron chi connectivity index (χ1n) is 7.12. The van der Waals surface area contributed by atoms with Gasteiger partial charge in [0.25, 0.3) is 0 Å². The Morgan fingerprint density at radius 2 is 1.81 bits per heavy atom. The van der Waals surface area contributed by atoms with E-state index in [9.17, 15) is 4.39 Å². The van der Waals surface area contributed by atoms with E-state index in [1.165, 1.54) is 37.0 Å². The molecule has 108 valence electrons. The van der Waals surface area contributed by atoms with Gasteiger partial charge in [-0.15, -0.1) is 0 Å². The number of rotatable bonds is 4. The van der Waals surface area contributed by atoms with Gasteiger partial charge in [0.2, 0.25) is 5.95 Å². The zero-order valence-corrected chi connectivity index (χ0v) is 12.8. The van der Waals surface area contributed by atoms with Crippen LogP contribution in [-0.2, 0) is 6.42 Å². The van der Waals surface area contributed by atoms with Crippen LogP contribution in [0.15, 0.2) is 36.4 Å². The molecule has 0 spiro atoms. The van der Waals surface area contributed by atoms with E-state index in [0.29, 0.717) is 0 Å². The topological polar surface area (TPSA) is 12.9 Å². The van der Waals surface area contributed by atoms with Crippen molar-refractivity contribution < 1.29 is 4.39 Å². The molecular weight excluding hydrogens is 285 g/mol. The van der Waals surface area contributed by atoms with Gasteiger partial charge in [-0.3, -0.25) is 0 Å². The molecule has 2 rings (SSSR count). The van der Waals surface area contributed by atoms with E-state index in [4.69, 9.17) is 11.6 Å². The first kappa shape index (κ1) is 15.5. The van der Waals surface area contributed by atoms with Gasteiger partial charge < -0.3 is 0 Å². The van der Waals surface area contributed by atoms with Gasteiger partial charge in [0.1, 0.15) is 5.15 Å². The predicted octanol–water partition coefficient (Wildman–Crippen LogP) is 5.01. The van der Waals surface area contributed by atoms with E-state index in [1.807, 2.05) is 12.1 Å². The SMILES string of the molecule is CCCCCc1ccc(C#Cc2ccc(Cl)nc2F)cc1. The van der Waals surface area contributed by atoms with Crippen LogP contribution in [0.5, 0.6) is 0 Å². The number of hydrogen-bond acceptors (Lipinski definition) is 1. The molecule has 1 heterocycles. The van der Waals surface area contributed by atoms with Gasteiger partial charge in [0.15, 0.2) is 0 Å². The Morgan fingerprint density at radius 3 is 2.48 bits per heavy atom. The molecule has 21 heavy (non-hydrogen) atoms. The zero-order valence-electron chi connectivity index (χ0n) is 12.0. The molecule has 0 saturated carbocycles. The second-order valence-electron chi connectivity index (χ2n) is 4.88. The second kappa shape index (κ2) is 7.81. The van der Waals surface area contributed by atoms with Crippen molar-refractivity contribution in [1.29, 1.82) is 0 Å². The third kappa shape index (κ3) is 4.88. The van der Waals surface area contributed by atoms with E-state index in [0.717, 1.165) is 12.0 Å². The fourth-order valence-corrected chi connectivity index (χ4v) is 2.12. The highest BCUT2D eigenvalue weighted by atomic mass is 35.5. The summed E-state index contributed by atoms with van der Waals surface area (Å²) in [7, 11) is 0. The van der Waals surface area contributed by atoms with E-state index < -0.39 is 5.95 Å². The van der Waals surface area contributed by atoms with Crippen molar-refractivity contribution in [2.75, 3.05) is 0 Å². The lowest BCUT2D eigenvalue weighted by atomic mass is 10.1. The number of aryl methyl sites for hydroxylation is 1. The molecule has 0 radical (unpaired) electrons. The lowest BCUT2D eigenvalue weighted by Crippen LogP contribution is -1.89.